The number of H-pyrrole nitrogens is 1. The smallest absolute Gasteiger partial charge is 0.339 e. The summed E-state index contributed by atoms with van der Waals surface area (Å²) in [6, 6.07) is 3.40. The van der Waals surface area contributed by atoms with Gasteiger partial charge in [-0.05, 0) is 18.2 Å². The summed E-state index contributed by atoms with van der Waals surface area (Å²) >= 11 is 0. The van der Waals surface area contributed by atoms with Gasteiger partial charge in [0, 0.05) is 23.3 Å². The van der Waals surface area contributed by atoms with E-state index in [9.17, 15) is 18.0 Å². The Morgan fingerprint density at radius 1 is 1.26 bits per heavy atom. The summed E-state index contributed by atoms with van der Waals surface area (Å²) in [5.74, 6) is 0. The van der Waals surface area contributed by atoms with Gasteiger partial charge < -0.3 is 4.57 Å². The first-order chi connectivity index (χ1) is 8.89. The third kappa shape index (κ3) is 1.61. The van der Waals surface area contributed by atoms with Crippen LogP contribution in [0.2, 0.25) is 0 Å². The van der Waals surface area contributed by atoms with Crippen LogP contribution >= 0.6 is 0 Å². The molecule has 0 amide bonds. The molecule has 2 heterocycles. The third-order valence-corrected chi connectivity index (χ3v) is 3.14. The average molecular weight is 267 g/mol. The van der Waals surface area contributed by atoms with Crippen molar-refractivity contribution in [2.24, 2.45) is 7.05 Å². The van der Waals surface area contributed by atoms with Crippen LogP contribution in [0.1, 0.15) is 5.56 Å². The van der Waals surface area contributed by atoms with E-state index in [0.717, 1.165) is 12.1 Å². The van der Waals surface area contributed by atoms with Gasteiger partial charge in [-0.3, -0.25) is 4.79 Å². The number of nitrogens with zero attached hydrogens (tertiary/aromatic N) is 2. The summed E-state index contributed by atoms with van der Waals surface area (Å²) in [6.07, 6.45) is -3.05. The van der Waals surface area contributed by atoms with Crippen molar-refractivity contribution in [3.05, 3.63) is 40.3 Å². The topological polar surface area (TPSA) is 50.7 Å². The number of aromatic amines is 1. The quantitative estimate of drug-likeness (QED) is 0.680. The summed E-state index contributed by atoms with van der Waals surface area (Å²) in [5.41, 5.74) is -0.302. The third-order valence-electron chi connectivity index (χ3n) is 3.14. The fourth-order valence-electron chi connectivity index (χ4n) is 2.26. The molecule has 0 aliphatic heterocycles. The van der Waals surface area contributed by atoms with Gasteiger partial charge in [-0.15, -0.1) is 0 Å². The maximum atomic E-state index is 12.7. The van der Waals surface area contributed by atoms with Gasteiger partial charge in [-0.25, -0.2) is 5.10 Å². The summed E-state index contributed by atoms with van der Waals surface area (Å²) in [4.78, 5) is 11.7. The Hall–Kier alpha value is -2.31. The molecule has 0 atom stereocenters. The van der Waals surface area contributed by atoms with Gasteiger partial charge in [0.2, 0.25) is 0 Å². The maximum Gasteiger partial charge on any atom is 0.416 e. The molecule has 3 aromatic rings. The lowest BCUT2D eigenvalue weighted by Crippen LogP contribution is -2.10. The van der Waals surface area contributed by atoms with E-state index in [1.165, 1.54) is 12.3 Å². The van der Waals surface area contributed by atoms with Crippen molar-refractivity contribution in [2.75, 3.05) is 0 Å². The van der Waals surface area contributed by atoms with E-state index in [0.29, 0.717) is 21.8 Å². The van der Waals surface area contributed by atoms with E-state index >= 15 is 0 Å². The molecule has 2 aromatic heterocycles. The van der Waals surface area contributed by atoms with Crippen molar-refractivity contribution in [3.8, 4) is 0 Å². The standard InChI is InChI=1S/C12H8F3N3O/c1-18-9-3-2-6(12(13,14)15)4-7(9)8-5-16-17-11(19)10(8)18/h2-5H,1H3,(H,17,19). The van der Waals surface area contributed by atoms with E-state index in [4.69, 9.17) is 0 Å². The molecule has 98 valence electrons. The number of alkyl halides is 3. The second-order valence-electron chi connectivity index (χ2n) is 4.25. The van der Waals surface area contributed by atoms with Crippen LogP contribution in [-0.2, 0) is 13.2 Å². The normalized spacial score (nSPS) is 12.4. The first-order valence-corrected chi connectivity index (χ1v) is 5.42. The Bertz CT molecular complexity index is 845. The van der Waals surface area contributed by atoms with Crippen molar-refractivity contribution in [1.29, 1.82) is 0 Å². The molecule has 1 N–H and O–H groups in total. The summed E-state index contributed by atoms with van der Waals surface area (Å²) < 4.78 is 39.7. The number of halogens is 3. The Labute approximate surface area is 104 Å². The highest BCUT2D eigenvalue weighted by Crippen LogP contribution is 2.34. The predicted octanol–water partition coefficient (Wildman–Crippen LogP) is 2.43. The Kier molecular flexibility index (Phi) is 2.23. The second-order valence-corrected chi connectivity index (χ2v) is 4.25. The molecule has 0 unspecified atom stereocenters. The summed E-state index contributed by atoms with van der Waals surface area (Å²) in [7, 11) is 1.63. The minimum Gasteiger partial charge on any atom is -0.339 e. The SMILES string of the molecule is Cn1c2ccc(C(F)(F)F)cc2c2cn[nH]c(=O)c21. The molecular weight excluding hydrogens is 259 g/mol. The largest absolute Gasteiger partial charge is 0.416 e. The number of hydrogen-bond acceptors (Lipinski definition) is 2. The lowest BCUT2D eigenvalue weighted by atomic mass is 10.1. The zero-order chi connectivity index (χ0) is 13.8. The molecule has 0 spiro atoms. The number of benzene rings is 1. The summed E-state index contributed by atoms with van der Waals surface area (Å²) in [6.45, 7) is 0. The van der Waals surface area contributed by atoms with Gasteiger partial charge in [-0.1, -0.05) is 0 Å². The van der Waals surface area contributed by atoms with Crippen molar-refractivity contribution >= 4 is 21.8 Å². The van der Waals surface area contributed by atoms with E-state index in [-0.39, 0.29) is 0 Å². The zero-order valence-electron chi connectivity index (χ0n) is 9.75. The number of aryl methyl sites for hydroxylation is 1. The van der Waals surface area contributed by atoms with Crippen LogP contribution in [0, 0.1) is 0 Å². The molecule has 0 saturated carbocycles. The first kappa shape index (κ1) is 11.8. The molecule has 0 aliphatic carbocycles. The van der Waals surface area contributed by atoms with Crippen molar-refractivity contribution in [3.63, 3.8) is 0 Å². The van der Waals surface area contributed by atoms with Crippen LogP contribution in [0.25, 0.3) is 21.8 Å². The fourth-order valence-corrected chi connectivity index (χ4v) is 2.26. The number of nitrogens with one attached hydrogen (secondary N) is 1. The number of fused-ring (bicyclic) bond motifs is 3. The molecule has 3 rings (SSSR count). The monoisotopic (exact) mass is 267 g/mol. The molecule has 7 heteroatoms. The Morgan fingerprint density at radius 3 is 2.68 bits per heavy atom. The molecule has 0 radical (unpaired) electrons. The minimum atomic E-state index is -4.41. The highest BCUT2D eigenvalue weighted by molar-refractivity contribution is 6.07. The van der Waals surface area contributed by atoms with Gasteiger partial charge in [0.1, 0.15) is 5.52 Å². The van der Waals surface area contributed by atoms with Crippen molar-refractivity contribution in [1.82, 2.24) is 14.8 Å². The molecule has 1 aromatic carbocycles. The van der Waals surface area contributed by atoms with Crippen LogP contribution in [-0.4, -0.2) is 14.8 Å². The molecule has 19 heavy (non-hydrogen) atoms. The van der Waals surface area contributed by atoms with E-state index < -0.39 is 17.3 Å². The van der Waals surface area contributed by atoms with Gasteiger partial charge in [0.25, 0.3) is 5.56 Å². The van der Waals surface area contributed by atoms with Crippen LogP contribution in [0.4, 0.5) is 13.2 Å². The lowest BCUT2D eigenvalue weighted by molar-refractivity contribution is -0.137. The first-order valence-electron chi connectivity index (χ1n) is 5.42. The van der Waals surface area contributed by atoms with Crippen LogP contribution in [0.15, 0.2) is 29.2 Å². The minimum absolute atomic E-state index is 0.310. The number of aromatic nitrogens is 3. The Balaban J connectivity index is 2.50. The van der Waals surface area contributed by atoms with Gasteiger partial charge >= 0.3 is 6.18 Å². The second kappa shape index (κ2) is 3.59. The average Bonchev–Trinajstić information content (AvgIpc) is 2.63. The van der Waals surface area contributed by atoms with Crippen LogP contribution < -0.4 is 5.56 Å². The number of hydrogen-bond donors (Lipinski definition) is 1. The molecule has 4 nitrogen and oxygen atoms in total. The van der Waals surface area contributed by atoms with Gasteiger partial charge in [0.15, 0.2) is 0 Å². The van der Waals surface area contributed by atoms with Crippen LogP contribution in [0.5, 0.6) is 0 Å². The highest BCUT2D eigenvalue weighted by atomic mass is 19.4. The molecule has 0 bridgehead atoms. The molecule has 0 aliphatic rings. The molecule has 0 saturated heterocycles. The lowest BCUT2D eigenvalue weighted by Gasteiger charge is -2.06. The fraction of sp³-hybridized carbons (Fsp3) is 0.167. The number of rotatable bonds is 0. The summed E-state index contributed by atoms with van der Waals surface area (Å²) in [5, 5.41) is 6.68. The molecule has 0 fully saturated rings. The molecular formula is C12H8F3N3O. The van der Waals surface area contributed by atoms with E-state index in [1.807, 2.05) is 0 Å². The predicted molar refractivity (Wildman–Crippen MR) is 63.8 cm³/mol. The van der Waals surface area contributed by atoms with Crippen molar-refractivity contribution < 1.29 is 13.2 Å². The van der Waals surface area contributed by atoms with E-state index in [2.05, 4.69) is 10.2 Å². The van der Waals surface area contributed by atoms with Gasteiger partial charge in [0.05, 0.1) is 11.8 Å². The zero-order valence-corrected chi connectivity index (χ0v) is 9.75. The van der Waals surface area contributed by atoms with Crippen molar-refractivity contribution in [2.45, 2.75) is 6.18 Å². The van der Waals surface area contributed by atoms with E-state index in [1.54, 1.807) is 11.6 Å². The van der Waals surface area contributed by atoms with Gasteiger partial charge in [-0.2, -0.15) is 18.3 Å². The Morgan fingerprint density at radius 2 is 2.00 bits per heavy atom. The maximum absolute atomic E-state index is 12.7. The highest BCUT2D eigenvalue weighted by Gasteiger charge is 2.31. The van der Waals surface area contributed by atoms with Crippen LogP contribution in [0.3, 0.4) is 0 Å².